The van der Waals surface area contributed by atoms with Gasteiger partial charge in [0.1, 0.15) is 18.3 Å². The molecule has 1 aromatic rings. The third-order valence-electron chi connectivity index (χ3n) is 3.47. The lowest BCUT2D eigenvalue weighted by Gasteiger charge is -2.26. The lowest BCUT2D eigenvalue weighted by Crippen LogP contribution is -2.36. The van der Waals surface area contributed by atoms with Gasteiger partial charge >= 0.3 is 0 Å². The summed E-state index contributed by atoms with van der Waals surface area (Å²) in [6.45, 7) is 1.55. The van der Waals surface area contributed by atoms with E-state index in [-0.39, 0.29) is 6.61 Å². The Hall–Kier alpha value is -0.980. The number of ether oxygens (including phenoxy) is 3. The van der Waals surface area contributed by atoms with Gasteiger partial charge in [0.2, 0.25) is 0 Å². The molecule has 98 valence electrons. The largest absolute Gasteiger partial charge is 0.394 e. The van der Waals surface area contributed by atoms with Crippen LogP contribution in [0.15, 0.2) is 30.3 Å². The number of rotatable bonds is 2. The number of aliphatic hydroxyl groups excluding tert-OH is 2. The Kier molecular flexibility index (Phi) is 2.88. The molecule has 2 heterocycles. The Balaban J connectivity index is 1.81. The van der Waals surface area contributed by atoms with Crippen LogP contribution in [0.1, 0.15) is 12.5 Å². The summed E-state index contributed by atoms with van der Waals surface area (Å²) in [6.07, 6.45) is -2.71. The van der Waals surface area contributed by atoms with Crippen LogP contribution in [0.5, 0.6) is 0 Å². The summed E-state index contributed by atoms with van der Waals surface area (Å²) in [5.74, 6) is -0.919. The predicted octanol–water partition coefficient (Wildman–Crippen LogP) is 0.353. The first-order chi connectivity index (χ1) is 8.64. The van der Waals surface area contributed by atoms with Gasteiger partial charge in [0.15, 0.2) is 12.1 Å². The van der Waals surface area contributed by atoms with Crippen molar-refractivity contribution in [1.82, 2.24) is 0 Å². The van der Waals surface area contributed by atoms with Gasteiger partial charge in [-0.1, -0.05) is 30.3 Å². The van der Waals surface area contributed by atoms with Gasteiger partial charge in [-0.15, -0.1) is 0 Å². The van der Waals surface area contributed by atoms with E-state index in [1.54, 1.807) is 6.92 Å². The van der Waals surface area contributed by atoms with Gasteiger partial charge in [-0.3, -0.25) is 0 Å². The standard InChI is InChI=1S/C13H16O5/c1-13(8-5-3-2-4-6-8)17-11-10(15)9(7-14)16-12(11)18-13/h2-6,9-12,14-15H,7H2,1H3/t9-,10+,11-,12-,13?/m1/s1. The molecule has 5 atom stereocenters. The van der Waals surface area contributed by atoms with E-state index >= 15 is 0 Å². The first-order valence-electron chi connectivity index (χ1n) is 5.99. The highest BCUT2D eigenvalue weighted by atomic mass is 16.8. The molecule has 2 aliphatic heterocycles. The molecule has 0 amide bonds. The van der Waals surface area contributed by atoms with Crippen LogP contribution in [0.3, 0.4) is 0 Å². The van der Waals surface area contributed by atoms with E-state index in [0.29, 0.717) is 0 Å². The number of hydrogen-bond acceptors (Lipinski definition) is 5. The van der Waals surface area contributed by atoms with Crippen LogP contribution >= 0.6 is 0 Å². The van der Waals surface area contributed by atoms with Crippen molar-refractivity contribution in [3.63, 3.8) is 0 Å². The summed E-state index contributed by atoms with van der Waals surface area (Å²) in [6, 6.07) is 9.51. The highest BCUT2D eigenvalue weighted by Gasteiger charge is 2.56. The molecule has 0 bridgehead atoms. The molecule has 3 rings (SSSR count). The molecule has 5 heteroatoms. The van der Waals surface area contributed by atoms with Crippen molar-refractivity contribution in [3.05, 3.63) is 35.9 Å². The third kappa shape index (κ3) is 1.75. The second kappa shape index (κ2) is 4.29. The number of hydrogen-bond donors (Lipinski definition) is 2. The highest BCUT2D eigenvalue weighted by Crippen LogP contribution is 2.42. The van der Waals surface area contributed by atoms with Gasteiger partial charge in [0.05, 0.1) is 6.61 Å². The van der Waals surface area contributed by atoms with Crippen molar-refractivity contribution in [2.45, 2.75) is 37.3 Å². The first kappa shape index (κ1) is 12.1. The topological polar surface area (TPSA) is 68.2 Å². The predicted molar refractivity (Wildman–Crippen MR) is 61.5 cm³/mol. The van der Waals surface area contributed by atoms with Crippen LogP contribution in [0.2, 0.25) is 0 Å². The van der Waals surface area contributed by atoms with Gasteiger partial charge in [-0.2, -0.15) is 0 Å². The Morgan fingerprint density at radius 3 is 2.56 bits per heavy atom. The molecular weight excluding hydrogens is 236 g/mol. The smallest absolute Gasteiger partial charge is 0.195 e. The van der Waals surface area contributed by atoms with E-state index in [0.717, 1.165) is 5.56 Å². The molecule has 0 aliphatic carbocycles. The third-order valence-corrected chi connectivity index (χ3v) is 3.47. The summed E-state index contributed by atoms with van der Waals surface area (Å²) in [4.78, 5) is 0. The molecule has 2 N–H and O–H groups in total. The molecule has 0 spiro atoms. The number of fused-ring (bicyclic) bond motifs is 1. The zero-order valence-electron chi connectivity index (χ0n) is 10.0. The Labute approximate surface area is 105 Å². The maximum Gasteiger partial charge on any atom is 0.195 e. The van der Waals surface area contributed by atoms with E-state index < -0.39 is 30.4 Å². The van der Waals surface area contributed by atoms with E-state index in [1.165, 1.54) is 0 Å². The molecule has 1 aromatic carbocycles. The molecule has 18 heavy (non-hydrogen) atoms. The molecular formula is C13H16O5. The lowest BCUT2D eigenvalue weighted by atomic mass is 10.1. The van der Waals surface area contributed by atoms with Crippen molar-refractivity contribution in [1.29, 1.82) is 0 Å². The summed E-state index contributed by atoms with van der Waals surface area (Å²) in [7, 11) is 0. The molecule has 2 aliphatic rings. The fourth-order valence-corrected chi connectivity index (χ4v) is 2.46. The quantitative estimate of drug-likeness (QED) is 0.795. The minimum absolute atomic E-state index is 0.247. The number of benzene rings is 1. The van der Waals surface area contributed by atoms with Crippen molar-refractivity contribution in [2.24, 2.45) is 0 Å². The second-order valence-electron chi connectivity index (χ2n) is 4.73. The minimum Gasteiger partial charge on any atom is -0.394 e. The van der Waals surface area contributed by atoms with Crippen LogP contribution in [0.4, 0.5) is 0 Å². The van der Waals surface area contributed by atoms with E-state index in [1.807, 2.05) is 30.3 Å². The fraction of sp³-hybridized carbons (Fsp3) is 0.538. The molecule has 0 radical (unpaired) electrons. The Morgan fingerprint density at radius 2 is 1.94 bits per heavy atom. The SMILES string of the molecule is CC1(c2ccccc2)O[C@H]2O[C@H](CO)[C@H](O)[C@H]2O1. The van der Waals surface area contributed by atoms with Crippen molar-refractivity contribution in [2.75, 3.05) is 6.61 Å². The van der Waals surface area contributed by atoms with Gasteiger partial charge in [-0.25, -0.2) is 0 Å². The molecule has 2 fully saturated rings. The van der Waals surface area contributed by atoms with E-state index in [2.05, 4.69) is 0 Å². The maximum absolute atomic E-state index is 9.95. The summed E-state index contributed by atoms with van der Waals surface area (Å²) < 4.78 is 17.0. The van der Waals surface area contributed by atoms with Crippen molar-refractivity contribution >= 4 is 0 Å². The van der Waals surface area contributed by atoms with Gasteiger partial charge < -0.3 is 24.4 Å². The van der Waals surface area contributed by atoms with Crippen molar-refractivity contribution in [3.8, 4) is 0 Å². The average molecular weight is 252 g/mol. The molecule has 1 unspecified atom stereocenters. The fourth-order valence-electron chi connectivity index (χ4n) is 2.46. The van der Waals surface area contributed by atoms with Crippen LogP contribution in [-0.2, 0) is 20.0 Å². The first-order valence-corrected chi connectivity index (χ1v) is 5.99. The van der Waals surface area contributed by atoms with Crippen LogP contribution in [-0.4, -0.2) is 41.4 Å². The van der Waals surface area contributed by atoms with E-state index in [9.17, 15) is 5.11 Å². The number of aliphatic hydroxyl groups is 2. The Bertz CT molecular complexity index is 423. The van der Waals surface area contributed by atoms with Gasteiger partial charge in [0.25, 0.3) is 0 Å². The molecule has 0 saturated carbocycles. The van der Waals surface area contributed by atoms with E-state index in [4.69, 9.17) is 19.3 Å². The average Bonchev–Trinajstić information content (AvgIpc) is 2.87. The lowest BCUT2D eigenvalue weighted by molar-refractivity contribution is -0.234. The van der Waals surface area contributed by atoms with Crippen molar-refractivity contribution < 1.29 is 24.4 Å². The minimum atomic E-state index is -0.919. The summed E-state index contributed by atoms with van der Waals surface area (Å²) >= 11 is 0. The zero-order chi connectivity index (χ0) is 12.8. The second-order valence-corrected chi connectivity index (χ2v) is 4.73. The normalized spacial score (nSPS) is 43.1. The van der Waals surface area contributed by atoms with Crippen LogP contribution in [0.25, 0.3) is 0 Å². The van der Waals surface area contributed by atoms with Gasteiger partial charge in [0, 0.05) is 5.56 Å². The van der Waals surface area contributed by atoms with Crippen LogP contribution in [0, 0.1) is 0 Å². The monoisotopic (exact) mass is 252 g/mol. The molecule has 2 saturated heterocycles. The molecule has 5 nitrogen and oxygen atoms in total. The zero-order valence-corrected chi connectivity index (χ0v) is 10.0. The highest BCUT2D eigenvalue weighted by molar-refractivity contribution is 5.21. The maximum atomic E-state index is 9.95. The summed E-state index contributed by atoms with van der Waals surface area (Å²) in [5, 5.41) is 19.0. The van der Waals surface area contributed by atoms with Crippen LogP contribution < -0.4 is 0 Å². The summed E-state index contributed by atoms with van der Waals surface area (Å²) in [5.41, 5.74) is 0.871. The molecule has 0 aromatic heterocycles. The van der Waals surface area contributed by atoms with Gasteiger partial charge in [-0.05, 0) is 6.92 Å². The Morgan fingerprint density at radius 1 is 1.22 bits per heavy atom.